The van der Waals surface area contributed by atoms with Gasteiger partial charge < -0.3 is 11.1 Å². The van der Waals surface area contributed by atoms with Gasteiger partial charge in [-0.05, 0) is 44.7 Å². The fraction of sp³-hybridized carbons (Fsp3) is 0.533. The summed E-state index contributed by atoms with van der Waals surface area (Å²) in [5, 5.41) is 2.98. The third-order valence-electron chi connectivity index (χ3n) is 3.63. The van der Waals surface area contributed by atoms with Crippen molar-refractivity contribution < 1.29 is 4.79 Å². The summed E-state index contributed by atoms with van der Waals surface area (Å²) < 4.78 is 0. The van der Waals surface area contributed by atoms with Crippen LogP contribution in [-0.4, -0.2) is 11.4 Å². The number of amides is 1. The summed E-state index contributed by atoms with van der Waals surface area (Å²) in [4.78, 5) is 12.2. The number of aryl methyl sites for hydroxylation is 3. The van der Waals surface area contributed by atoms with Crippen LogP contribution in [0.1, 0.15) is 43.4 Å². The van der Waals surface area contributed by atoms with Gasteiger partial charge in [0.05, 0.1) is 5.54 Å². The Labute approximate surface area is 110 Å². The lowest BCUT2D eigenvalue weighted by atomic mass is 9.92. The second-order valence-electron chi connectivity index (χ2n) is 5.09. The van der Waals surface area contributed by atoms with E-state index in [0.717, 1.165) is 16.8 Å². The van der Waals surface area contributed by atoms with E-state index in [1.807, 2.05) is 27.7 Å². The Kier molecular flexibility index (Phi) is 4.52. The Balaban J connectivity index is 3.02. The Morgan fingerprint density at radius 1 is 1.17 bits per heavy atom. The van der Waals surface area contributed by atoms with Crippen LogP contribution in [0.3, 0.4) is 0 Å². The number of anilines is 1. The van der Waals surface area contributed by atoms with Crippen molar-refractivity contribution in [2.45, 2.75) is 53.0 Å². The van der Waals surface area contributed by atoms with E-state index in [1.54, 1.807) is 0 Å². The minimum absolute atomic E-state index is 0.0949. The summed E-state index contributed by atoms with van der Waals surface area (Å²) in [6.45, 7) is 9.95. The van der Waals surface area contributed by atoms with Crippen molar-refractivity contribution in [2.75, 3.05) is 5.32 Å². The van der Waals surface area contributed by atoms with Gasteiger partial charge in [0, 0.05) is 5.69 Å². The molecule has 0 fully saturated rings. The highest BCUT2D eigenvalue weighted by molar-refractivity contribution is 5.99. The molecular weight excluding hydrogens is 224 g/mol. The Bertz CT molecular complexity index is 425. The SMILES string of the molecule is CCC(N)(CC)C(=O)Nc1c(C)cc(C)cc1C. The molecular formula is C15H24N2O. The van der Waals surface area contributed by atoms with Crippen LogP contribution in [-0.2, 0) is 4.79 Å². The lowest BCUT2D eigenvalue weighted by Crippen LogP contribution is -2.50. The monoisotopic (exact) mass is 248 g/mol. The summed E-state index contributed by atoms with van der Waals surface area (Å²) >= 11 is 0. The maximum absolute atomic E-state index is 12.2. The van der Waals surface area contributed by atoms with E-state index in [-0.39, 0.29) is 5.91 Å². The molecule has 0 saturated carbocycles. The van der Waals surface area contributed by atoms with Crippen LogP contribution < -0.4 is 11.1 Å². The third kappa shape index (κ3) is 2.91. The van der Waals surface area contributed by atoms with Crippen molar-refractivity contribution in [1.82, 2.24) is 0 Å². The van der Waals surface area contributed by atoms with E-state index >= 15 is 0 Å². The molecule has 1 aromatic rings. The molecule has 0 radical (unpaired) electrons. The van der Waals surface area contributed by atoms with Crippen molar-refractivity contribution in [3.8, 4) is 0 Å². The van der Waals surface area contributed by atoms with E-state index in [9.17, 15) is 4.79 Å². The van der Waals surface area contributed by atoms with Gasteiger partial charge in [-0.3, -0.25) is 4.79 Å². The van der Waals surface area contributed by atoms with Crippen LogP contribution in [0.2, 0.25) is 0 Å². The first-order valence-corrected chi connectivity index (χ1v) is 6.52. The number of carbonyl (C=O) groups excluding carboxylic acids is 1. The molecule has 100 valence electrons. The Morgan fingerprint density at radius 3 is 2.00 bits per heavy atom. The van der Waals surface area contributed by atoms with Gasteiger partial charge >= 0.3 is 0 Å². The molecule has 0 heterocycles. The van der Waals surface area contributed by atoms with Crippen LogP contribution >= 0.6 is 0 Å². The van der Waals surface area contributed by atoms with Crippen LogP contribution in [0.15, 0.2) is 12.1 Å². The lowest BCUT2D eigenvalue weighted by molar-refractivity contribution is -0.121. The van der Waals surface area contributed by atoms with E-state index in [0.29, 0.717) is 12.8 Å². The van der Waals surface area contributed by atoms with Crippen LogP contribution in [0, 0.1) is 20.8 Å². The highest BCUT2D eigenvalue weighted by Crippen LogP contribution is 2.24. The molecule has 1 amide bonds. The molecule has 1 aromatic carbocycles. The van der Waals surface area contributed by atoms with Gasteiger partial charge in [-0.1, -0.05) is 31.5 Å². The number of nitrogens with one attached hydrogen (secondary N) is 1. The Hall–Kier alpha value is -1.35. The fourth-order valence-electron chi connectivity index (χ4n) is 2.19. The molecule has 0 saturated heterocycles. The van der Waals surface area contributed by atoms with Crippen molar-refractivity contribution in [3.63, 3.8) is 0 Å². The first-order valence-electron chi connectivity index (χ1n) is 6.52. The van der Waals surface area contributed by atoms with E-state index < -0.39 is 5.54 Å². The highest BCUT2D eigenvalue weighted by Gasteiger charge is 2.30. The van der Waals surface area contributed by atoms with Gasteiger partial charge in [-0.2, -0.15) is 0 Å². The average molecular weight is 248 g/mol. The molecule has 0 aromatic heterocycles. The zero-order valence-corrected chi connectivity index (χ0v) is 12.1. The topological polar surface area (TPSA) is 55.1 Å². The predicted octanol–water partition coefficient (Wildman–Crippen LogP) is 3.07. The van der Waals surface area contributed by atoms with Crippen LogP contribution in [0.5, 0.6) is 0 Å². The smallest absolute Gasteiger partial charge is 0.244 e. The number of hydrogen-bond acceptors (Lipinski definition) is 2. The normalized spacial score (nSPS) is 11.4. The summed E-state index contributed by atoms with van der Waals surface area (Å²) in [7, 11) is 0. The average Bonchev–Trinajstić information content (AvgIpc) is 2.32. The van der Waals surface area contributed by atoms with Crippen LogP contribution in [0.25, 0.3) is 0 Å². The molecule has 18 heavy (non-hydrogen) atoms. The second-order valence-corrected chi connectivity index (χ2v) is 5.09. The molecule has 3 heteroatoms. The zero-order valence-electron chi connectivity index (χ0n) is 12.1. The zero-order chi connectivity index (χ0) is 13.9. The van der Waals surface area contributed by atoms with Gasteiger partial charge in [-0.15, -0.1) is 0 Å². The molecule has 0 atom stereocenters. The number of nitrogens with two attached hydrogens (primary N) is 1. The second kappa shape index (κ2) is 5.53. The summed E-state index contributed by atoms with van der Waals surface area (Å²) in [5.41, 5.74) is 9.58. The van der Waals surface area contributed by atoms with Crippen molar-refractivity contribution in [3.05, 3.63) is 28.8 Å². The number of rotatable bonds is 4. The van der Waals surface area contributed by atoms with Gasteiger partial charge in [0.1, 0.15) is 0 Å². The standard InChI is InChI=1S/C15H24N2O/c1-6-15(16,7-2)14(18)17-13-11(4)8-10(3)9-12(13)5/h8-9H,6-7,16H2,1-5H3,(H,17,18). The van der Waals surface area contributed by atoms with Gasteiger partial charge in [0.15, 0.2) is 0 Å². The van der Waals surface area contributed by atoms with Gasteiger partial charge in [-0.25, -0.2) is 0 Å². The Morgan fingerprint density at radius 2 is 1.61 bits per heavy atom. The number of benzene rings is 1. The summed E-state index contributed by atoms with van der Waals surface area (Å²) in [6.07, 6.45) is 1.28. The van der Waals surface area contributed by atoms with Crippen molar-refractivity contribution in [2.24, 2.45) is 5.73 Å². The molecule has 1 rings (SSSR count). The minimum Gasteiger partial charge on any atom is -0.324 e. The van der Waals surface area contributed by atoms with E-state index in [2.05, 4.69) is 24.4 Å². The van der Waals surface area contributed by atoms with Crippen molar-refractivity contribution in [1.29, 1.82) is 0 Å². The molecule has 0 unspecified atom stereocenters. The number of hydrogen-bond donors (Lipinski definition) is 2. The first-order chi connectivity index (χ1) is 8.34. The molecule has 0 spiro atoms. The van der Waals surface area contributed by atoms with Crippen LogP contribution in [0.4, 0.5) is 5.69 Å². The molecule has 0 aliphatic rings. The quantitative estimate of drug-likeness (QED) is 0.860. The largest absolute Gasteiger partial charge is 0.324 e. The summed E-state index contributed by atoms with van der Waals surface area (Å²) in [6, 6.07) is 4.14. The maximum Gasteiger partial charge on any atom is 0.244 e. The molecule has 3 N–H and O–H groups in total. The fourth-order valence-corrected chi connectivity index (χ4v) is 2.19. The highest BCUT2D eigenvalue weighted by atomic mass is 16.2. The molecule has 0 aliphatic carbocycles. The third-order valence-corrected chi connectivity index (χ3v) is 3.63. The maximum atomic E-state index is 12.2. The van der Waals surface area contributed by atoms with Gasteiger partial charge in [0.25, 0.3) is 0 Å². The predicted molar refractivity (Wildman–Crippen MR) is 76.8 cm³/mol. The first kappa shape index (κ1) is 14.7. The molecule has 3 nitrogen and oxygen atoms in total. The van der Waals surface area contributed by atoms with Crippen molar-refractivity contribution >= 4 is 11.6 Å². The lowest BCUT2D eigenvalue weighted by Gasteiger charge is -2.26. The van der Waals surface area contributed by atoms with E-state index in [1.165, 1.54) is 5.56 Å². The number of carbonyl (C=O) groups is 1. The summed E-state index contributed by atoms with van der Waals surface area (Å²) in [5.74, 6) is -0.0949. The molecule has 0 aliphatic heterocycles. The van der Waals surface area contributed by atoms with Gasteiger partial charge in [0.2, 0.25) is 5.91 Å². The van der Waals surface area contributed by atoms with E-state index in [4.69, 9.17) is 5.73 Å². The minimum atomic E-state index is -0.774. The molecule has 0 bridgehead atoms.